The van der Waals surface area contributed by atoms with Crippen LogP contribution in [0.25, 0.3) is 10.9 Å². The minimum Gasteiger partial charge on any atom is -0.363 e. The standard InChI is InChI=1S/C25H36N6/c1-31(2)24-21-8-4-6-10-23(21)29-25(26,30-24)18-11-13-19(14-12-18)27-15-17-16-28-22-9-5-3-7-20(17)22/h3,5,7,9,16,18-19,27-29H,4,6,8,10-15,26H2,1-2H3. The first-order valence-corrected chi connectivity index (χ1v) is 11.9. The van der Waals surface area contributed by atoms with Crippen molar-refractivity contribution in [3.05, 3.63) is 47.3 Å². The molecule has 2 aromatic rings. The van der Waals surface area contributed by atoms with E-state index in [1.54, 1.807) is 0 Å². The molecule has 3 aliphatic rings. The zero-order valence-electron chi connectivity index (χ0n) is 18.9. The second kappa shape index (κ2) is 8.32. The normalized spacial score (nSPS) is 28.8. The highest BCUT2D eigenvalue weighted by Crippen LogP contribution is 2.37. The Kier molecular flexibility index (Phi) is 5.52. The number of amidine groups is 1. The predicted molar refractivity (Wildman–Crippen MR) is 128 cm³/mol. The summed E-state index contributed by atoms with van der Waals surface area (Å²) in [5.74, 6) is 0.789. The van der Waals surface area contributed by atoms with Crippen molar-refractivity contribution in [1.82, 2.24) is 20.5 Å². The van der Waals surface area contributed by atoms with Crippen molar-refractivity contribution in [2.45, 2.75) is 69.7 Å². The van der Waals surface area contributed by atoms with E-state index in [1.807, 2.05) is 0 Å². The first-order chi connectivity index (χ1) is 15.0. The highest BCUT2D eigenvalue weighted by molar-refractivity contribution is 5.99. The number of nitrogens with zero attached hydrogens (tertiary/aromatic N) is 2. The van der Waals surface area contributed by atoms with Crippen molar-refractivity contribution in [1.29, 1.82) is 0 Å². The summed E-state index contributed by atoms with van der Waals surface area (Å²) in [6.07, 6.45) is 11.3. The van der Waals surface area contributed by atoms with Crippen molar-refractivity contribution < 1.29 is 0 Å². The van der Waals surface area contributed by atoms with Crippen LogP contribution in [-0.4, -0.2) is 41.6 Å². The number of hydrogen-bond donors (Lipinski definition) is 4. The van der Waals surface area contributed by atoms with Gasteiger partial charge in [-0.15, -0.1) is 0 Å². The van der Waals surface area contributed by atoms with E-state index in [0.29, 0.717) is 12.0 Å². The van der Waals surface area contributed by atoms with E-state index in [9.17, 15) is 0 Å². The summed E-state index contributed by atoms with van der Waals surface area (Å²) in [5.41, 5.74) is 12.2. The fraction of sp³-hybridized carbons (Fsp3) is 0.560. The minimum absolute atomic E-state index is 0.365. The predicted octanol–water partition coefficient (Wildman–Crippen LogP) is 3.82. The maximum Gasteiger partial charge on any atom is 0.187 e. The third-order valence-corrected chi connectivity index (χ3v) is 7.41. The highest BCUT2D eigenvalue weighted by Gasteiger charge is 2.42. The maximum atomic E-state index is 6.94. The van der Waals surface area contributed by atoms with Gasteiger partial charge < -0.3 is 20.5 Å². The Labute approximate surface area is 185 Å². The monoisotopic (exact) mass is 420 g/mol. The largest absolute Gasteiger partial charge is 0.363 e. The van der Waals surface area contributed by atoms with Crippen LogP contribution in [0, 0.1) is 5.92 Å². The average Bonchev–Trinajstić information content (AvgIpc) is 3.20. The number of nitrogens with one attached hydrogen (secondary N) is 3. The summed E-state index contributed by atoms with van der Waals surface area (Å²) in [6.45, 7) is 0.907. The van der Waals surface area contributed by atoms with Gasteiger partial charge >= 0.3 is 0 Å². The number of aliphatic imine (C=N–C) groups is 1. The van der Waals surface area contributed by atoms with Gasteiger partial charge in [0.05, 0.1) is 0 Å². The van der Waals surface area contributed by atoms with Crippen molar-refractivity contribution >= 4 is 16.7 Å². The zero-order chi connectivity index (χ0) is 21.4. The Morgan fingerprint density at radius 3 is 2.71 bits per heavy atom. The number of nitrogens with two attached hydrogens (primary N) is 1. The molecule has 1 aromatic heterocycles. The number of H-pyrrole nitrogens is 1. The van der Waals surface area contributed by atoms with Crippen LogP contribution in [0.1, 0.15) is 56.9 Å². The van der Waals surface area contributed by atoms with E-state index in [4.69, 9.17) is 10.7 Å². The molecule has 2 heterocycles. The second-order valence-electron chi connectivity index (χ2n) is 9.73. The van der Waals surface area contributed by atoms with E-state index in [-0.39, 0.29) is 0 Å². The van der Waals surface area contributed by atoms with Crippen LogP contribution in [0.15, 0.2) is 46.7 Å². The van der Waals surface area contributed by atoms with Gasteiger partial charge in [0.1, 0.15) is 5.84 Å². The molecular weight excluding hydrogens is 384 g/mol. The fourth-order valence-corrected chi connectivity index (χ4v) is 5.64. The molecule has 6 nitrogen and oxygen atoms in total. The molecule has 0 bridgehead atoms. The SMILES string of the molecule is CN(C)C1=NC(N)(C2CCC(NCc3c[nH]c4ccccc34)CC2)NC2=C1CCCC2. The molecule has 1 unspecified atom stereocenters. The van der Waals surface area contributed by atoms with E-state index in [2.05, 4.69) is 65.1 Å². The minimum atomic E-state index is -0.669. The third kappa shape index (κ3) is 3.99. The average molecular weight is 421 g/mol. The number of rotatable bonds is 4. The number of aromatic nitrogens is 1. The van der Waals surface area contributed by atoms with Crippen LogP contribution in [0.5, 0.6) is 0 Å². The first kappa shape index (κ1) is 20.6. The van der Waals surface area contributed by atoms with Gasteiger partial charge in [0.15, 0.2) is 5.79 Å². The number of para-hydroxylation sites is 1. The second-order valence-corrected chi connectivity index (χ2v) is 9.73. The van der Waals surface area contributed by atoms with Crippen LogP contribution >= 0.6 is 0 Å². The Balaban J connectivity index is 1.22. The van der Waals surface area contributed by atoms with Crippen molar-refractivity contribution in [2.24, 2.45) is 16.6 Å². The Bertz CT molecular complexity index is 994. The number of aromatic amines is 1. The summed E-state index contributed by atoms with van der Waals surface area (Å²) in [4.78, 5) is 10.6. The Morgan fingerprint density at radius 1 is 1.13 bits per heavy atom. The van der Waals surface area contributed by atoms with Gasteiger partial charge in [-0.1, -0.05) is 18.2 Å². The van der Waals surface area contributed by atoms with Gasteiger partial charge in [-0.2, -0.15) is 0 Å². The van der Waals surface area contributed by atoms with Crippen LogP contribution in [0.2, 0.25) is 0 Å². The topological polar surface area (TPSA) is 81.5 Å². The molecule has 0 radical (unpaired) electrons. The van der Waals surface area contributed by atoms with E-state index < -0.39 is 5.79 Å². The van der Waals surface area contributed by atoms with Gasteiger partial charge in [-0.25, -0.2) is 4.99 Å². The smallest absolute Gasteiger partial charge is 0.187 e. The van der Waals surface area contributed by atoms with Crippen LogP contribution < -0.4 is 16.4 Å². The van der Waals surface area contributed by atoms with Crippen molar-refractivity contribution in [2.75, 3.05) is 14.1 Å². The van der Waals surface area contributed by atoms with E-state index in [1.165, 1.54) is 40.6 Å². The number of likely N-dealkylation sites (N-methyl/N-ethyl adjacent to an activating group) is 1. The Hall–Kier alpha value is -2.31. The third-order valence-electron chi connectivity index (χ3n) is 7.41. The van der Waals surface area contributed by atoms with E-state index in [0.717, 1.165) is 50.9 Å². The molecule has 1 saturated carbocycles. The molecule has 5 N–H and O–H groups in total. The number of allylic oxidation sites excluding steroid dienone is 1. The zero-order valence-corrected chi connectivity index (χ0v) is 18.9. The van der Waals surface area contributed by atoms with Crippen LogP contribution in [-0.2, 0) is 6.54 Å². The molecule has 1 atom stereocenters. The first-order valence-electron chi connectivity index (χ1n) is 11.9. The lowest BCUT2D eigenvalue weighted by Crippen LogP contribution is -2.61. The summed E-state index contributed by atoms with van der Waals surface area (Å²) in [6, 6.07) is 9.06. The highest BCUT2D eigenvalue weighted by atomic mass is 15.3. The van der Waals surface area contributed by atoms with Crippen LogP contribution in [0.3, 0.4) is 0 Å². The quantitative estimate of drug-likeness (QED) is 0.606. The van der Waals surface area contributed by atoms with Gasteiger partial charge in [0.2, 0.25) is 0 Å². The van der Waals surface area contributed by atoms with Gasteiger partial charge in [0, 0.05) is 61.0 Å². The molecular formula is C25H36N6. The lowest BCUT2D eigenvalue weighted by Gasteiger charge is -2.45. The lowest BCUT2D eigenvalue weighted by atomic mass is 9.80. The molecule has 31 heavy (non-hydrogen) atoms. The van der Waals surface area contributed by atoms with Crippen molar-refractivity contribution in [3.63, 3.8) is 0 Å². The van der Waals surface area contributed by atoms with Crippen molar-refractivity contribution in [3.8, 4) is 0 Å². The molecule has 6 heteroatoms. The molecule has 0 saturated heterocycles. The van der Waals surface area contributed by atoms with Crippen LogP contribution in [0.4, 0.5) is 0 Å². The fourth-order valence-electron chi connectivity index (χ4n) is 5.64. The number of benzene rings is 1. The molecule has 0 spiro atoms. The summed E-state index contributed by atoms with van der Waals surface area (Å²) >= 11 is 0. The van der Waals surface area contributed by atoms with Gasteiger partial charge in [-0.05, 0) is 63.0 Å². The van der Waals surface area contributed by atoms with Gasteiger partial charge in [0.25, 0.3) is 0 Å². The molecule has 1 aromatic carbocycles. The molecule has 166 valence electrons. The summed E-state index contributed by atoms with van der Waals surface area (Å²) in [7, 11) is 4.19. The lowest BCUT2D eigenvalue weighted by molar-refractivity contribution is 0.160. The molecule has 1 fully saturated rings. The summed E-state index contributed by atoms with van der Waals surface area (Å²) < 4.78 is 0. The van der Waals surface area contributed by atoms with Gasteiger partial charge in [-0.3, -0.25) is 5.73 Å². The number of fused-ring (bicyclic) bond motifs is 1. The number of hydrogen-bond acceptors (Lipinski definition) is 5. The molecule has 2 aliphatic carbocycles. The molecule has 5 rings (SSSR count). The van der Waals surface area contributed by atoms with E-state index >= 15 is 0 Å². The maximum absolute atomic E-state index is 6.94. The summed E-state index contributed by atoms with van der Waals surface area (Å²) in [5, 5.41) is 8.80. The Morgan fingerprint density at radius 2 is 1.90 bits per heavy atom. The molecule has 0 amide bonds. The molecule has 1 aliphatic heterocycles.